The summed E-state index contributed by atoms with van der Waals surface area (Å²) in [5, 5.41) is 3.30. The predicted octanol–water partition coefficient (Wildman–Crippen LogP) is 3.31. The van der Waals surface area contributed by atoms with Crippen LogP contribution in [0.5, 0.6) is 0 Å². The molecule has 0 bridgehead atoms. The fourth-order valence-corrected chi connectivity index (χ4v) is 3.25. The molecule has 2 aliphatic rings. The van der Waals surface area contributed by atoms with Crippen LogP contribution in [0.3, 0.4) is 0 Å². The second kappa shape index (κ2) is 8.11. The van der Waals surface area contributed by atoms with Crippen LogP contribution in [0.4, 0.5) is 4.39 Å². The van der Waals surface area contributed by atoms with E-state index in [-0.39, 0.29) is 0 Å². The van der Waals surface area contributed by atoms with E-state index in [0.29, 0.717) is 5.92 Å². The molecule has 2 saturated heterocycles. The van der Waals surface area contributed by atoms with Crippen molar-refractivity contribution in [2.75, 3.05) is 26.3 Å². The van der Waals surface area contributed by atoms with Gasteiger partial charge in [0.05, 0.1) is 0 Å². The van der Waals surface area contributed by atoms with Crippen molar-refractivity contribution in [1.29, 1.82) is 0 Å². The maximum absolute atomic E-state index is 14.0. The third kappa shape index (κ3) is 4.85. The Morgan fingerprint density at radius 2 is 1.78 bits per heavy atom. The Morgan fingerprint density at radius 3 is 2.50 bits per heavy atom. The lowest BCUT2D eigenvalue weighted by Crippen LogP contribution is -2.32. The monoisotopic (exact) mass is 257 g/mol. The van der Waals surface area contributed by atoms with Gasteiger partial charge in [-0.1, -0.05) is 19.3 Å². The Kier molecular flexibility index (Phi) is 6.42. The predicted molar refractivity (Wildman–Crippen MR) is 72.5 cm³/mol. The standard InChI is InChI=1S/C15H28FNO/c16-15(14-5-9-17-10-6-14)4-2-1-3-13-7-11-18-12-8-13/h13-15,17H,1-12H2. The van der Waals surface area contributed by atoms with Gasteiger partial charge in [-0.2, -0.15) is 0 Å². The first-order valence-corrected chi connectivity index (χ1v) is 7.79. The lowest BCUT2D eigenvalue weighted by atomic mass is 9.89. The zero-order valence-electron chi connectivity index (χ0n) is 11.5. The number of hydrogen-bond donors (Lipinski definition) is 1. The SMILES string of the molecule is FC(CCCCC1CCOCC1)C1CCNCC1. The van der Waals surface area contributed by atoms with Crippen LogP contribution in [0.1, 0.15) is 51.4 Å². The average molecular weight is 257 g/mol. The van der Waals surface area contributed by atoms with Gasteiger partial charge < -0.3 is 10.1 Å². The molecule has 18 heavy (non-hydrogen) atoms. The van der Waals surface area contributed by atoms with Gasteiger partial charge in [0.1, 0.15) is 6.17 Å². The third-order valence-corrected chi connectivity index (χ3v) is 4.58. The summed E-state index contributed by atoms with van der Waals surface area (Å²) in [5.41, 5.74) is 0. The van der Waals surface area contributed by atoms with Crippen LogP contribution in [0, 0.1) is 11.8 Å². The summed E-state index contributed by atoms with van der Waals surface area (Å²) < 4.78 is 19.4. The molecule has 0 aliphatic carbocycles. The van der Waals surface area contributed by atoms with Crippen molar-refractivity contribution < 1.29 is 9.13 Å². The molecule has 3 heteroatoms. The van der Waals surface area contributed by atoms with Crippen molar-refractivity contribution in [2.24, 2.45) is 11.8 Å². The van der Waals surface area contributed by atoms with E-state index >= 15 is 0 Å². The van der Waals surface area contributed by atoms with E-state index in [4.69, 9.17) is 4.74 Å². The molecule has 2 fully saturated rings. The minimum Gasteiger partial charge on any atom is -0.381 e. The van der Waals surface area contributed by atoms with Gasteiger partial charge in [-0.25, -0.2) is 4.39 Å². The number of alkyl halides is 1. The Balaban J connectivity index is 1.51. The molecule has 2 rings (SSSR count). The second-order valence-corrected chi connectivity index (χ2v) is 5.94. The highest BCUT2D eigenvalue weighted by Gasteiger charge is 2.22. The zero-order chi connectivity index (χ0) is 12.6. The Bertz CT molecular complexity index is 213. The molecular weight excluding hydrogens is 229 g/mol. The molecule has 0 aromatic carbocycles. The van der Waals surface area contributed by atoms with Crippen LogP contribution in [0.15, 0.2) is 0 Å². The summed E-state index contributed by atoms with van der Waals surface area (Å²) >= 11 is 0. The summed E-state index contributed by atoms with van der Waals surface area (Å²) in [6.45, 7) is 3.89. The van der Waals surface area contributed by atoms with E-state index < -0.39 is 6.17 Å². The van der Waals surface area contributed by atoms with Gasteiger partial charge in [-0.15, -0.1) is 0 Å². The van der Waals surface area contributed by atoms with Crippen LogP contribution in [0.2, 0.25) is 0 Å². The van der Waals surface area contributed by atoms with Crippen LogP contribution in [0.25, 0.3) is 0 Å². The average Bonchev–Trinajstić information content (AvgIpc) is 2.45. The quantitative estimate of drug-likeness (QED) is 0.737. The molecule has 1 atom stereocenters. The lowest BCUT2D eigenvalue weighted by molar-refractivity contribution is 0.0627. The van der Waals surface area contributed by atoms with Crippen molar-refractivity contribution in [3.05, 3.63) is 0 Å². The largest absolute Gasteiger partial charge is 0.381 e. The normalized spacial score (nSPS) is 25.2. The number of piperidine rings is 1. The summed E-state index contributed by atoms with van der Waals surface area (Å²) in [6, 6.07) is 0. The van der Waals surface area contributed by atoms with Gasteiger partial charge in [-0.3, -0.25) is 0 Å². The van der Waals surface area contributed by atoms with Gasteiger partial charge in [0, 0.05) is 13.2 Å². The van der Waals surface area contributed by atoms with Gasteiger partial charge in [-0.05, 0) is 57.0 Å². The zero-order valence-corrected chi connectivity index (χ0v) is 11.5. The topological polar surface area (TPSA) is 21.3 Å². The van der Waals surface area contributed by atoms with E-state index in [1.165, 1.54) is 25.7 Å². The van der Waals surface area contributed by atoms with Crippen molar-refractivity contribution in [1.82, 2.24) is 5.32 Å². The number of halogens is 1. The number of rotatable bonds is 6. The molecule has 0 spiro atoms. The molecule has 2 aliphatic heterocycles. The first kappa shape index (κ1) is 14.3. The van der Waals surface area contributed by atoms with E-state index in [1.807, 2.05) is 0 Å². The highest BCUT2D eigenvalue weighted by Crippen LogP contribution is 2.25. The molecule has 0 saturated carbocycles. The smallest absolute Gasteiger partial charge is 0.103 e. The number of nitrogens with one attached hydrogen (secondary N) is 1. The first-order valence-electron chi connectivity index (χ1n) is 7.79. The van der Waals surface area contributed by atoms with Crippen molar-refractivity contribution in [3.8, 4) is 0 Å². The van der Waals surface area contributed by atoms with Crippen LogP contribution in [-0.4, -0.2) is 32.5 Å². The molecular formula is C15H28FNO. The van der Waals surface area contributed by atoms with E-state index in [9.17, 15) is 4.39 Å². The molecule has 106 valence electrons. The molecule has 2 nitrogen and oxygen atoms in total. The number of ether oxygens (including phenoxy) is 1. The van der Waals surface area contributed by atoms with E-state index in [2.05, 4.69) is 5.32 Å². The van der Waals surface area contributed by atoms with Crippen molar-refractivity contribution in [3.63, 3.8) is 0 Å². The minimum absolute atomic E-state index is 0.328. The summed E-state index contributed by atoms with van der Waals surface area (Å²) in [6.07, 6.45) is 8.28. The highest BCUT2D eigenvalue weighted by molar-refractivity contribution is 4.75. The van der Waals surface area contributed by atoms with Gasteiger partial charge >= 0.3 is 0 Å². The molecule has 1 unspecified atom stereocenters. The van der Waals surface area contributed by atoms with E-state index in [1.54, 1.807) is 0 Å². The van der Waals surface area contributed by atoms with Gasteiger partial charge in [0.2, 0.25) is 0 Å². The van der Waals surface area contributed by atoms with Gasteiger partial charge in [0.25, 0.3) is 0 Å². The molecule has 0 radical (unpaired) electrons. The van der Waals surface area contributed by atoms with Crippen molar-refractivity contribution in [2.45, 2.75) is 57.5 Å². The first-order chi connectivity index (χ1) is 8.86. The lowest BCUT2D eigenvalue weighted by Gasteiger charge is -2.26. The fraction of sp³-hybridized carbons (Fsp3) is 1.00. The number of hydrogen-bond acceptors (Lipinski definition) is 2. The molecule has 1 N–H and O–H groups in total. The molecule has 0 aromatic rings. The summed E-state index contributed by atoms with van der Waals surface area (Å²) in [5.74, 6) is 1.17. The molecule has 0 aromatic heterocycles. The van der Waals surface area contributed by atoms with E-state index in [0.717, 1.165) is 57.9 Å². The second-order valence-electron chi connectivity index (χ2n) is 5.94. The van der Waals surface area contributed by atoms with Gasteiger partial charge in [0.15, 0.2) is 0 Å². The highest BCUT2D eigenvalue weighted by atomic mass is 19.1. The van der Waals surface area contributed by atoms with Crippen molar-refractivity contribution >= 4 is 0 Å². The Morgan fingerprint density at radius 1 is 1.06 bits per heavy atom. The Hall–Kier alpha value is -0.150. The van der Waals surface area contributed by atoms with Crippen LogP contribution in [-0.2, 0) is 4.74 Å². The van der Waals surface area contributed by atoms with Crippen LogP contribution < -0.4 is 5.32 Å². The third-order valence-electron chi connectivity index (χ3n) is 4.58. The summed E-state index contributed by atoms with van der Waals surface area (Å²) in [7, 11) is 0. The molecule has 2 heterocycles. The Labute approximate surface area is 111 Å². The fourth-order valence-electron chi connectivity index (χ4n) is 3.25. The molecule has 0 amide bonds. The minimum atomic E-state index is -0.554. The van der Waals surface area contributed by atoms with Crippen LogP contribution >= 0.6 is 0 Å². The number of unbranched alkanes of at least 4 members (excludes halogenated alkanes) is 1. The maximum Gasteiger partial charge on any atom is 0.103 e. The summed E-state index contributed by atoms with van der Waals surface area (Å²) in [4.78, 5) is 0. The maximum atomic E-state index is 14.0.